The van der Waals surface area contributed by atoms with Gasteiger partial charge in [-0.3, -0.25) is 9.47 Å². The molecule has 3 N–H and O–H groups in total. The highest BCUT2D eigenvalue weighted by Crippen LogP contribution is 2.43. The van der Waals surface area contributed by atoms with Gasteiger partial charge in [0.2, 0.25) is 0 Å². The Hall–Kier alpha value is -1.79. The molecule has 0 radical (unpaired) electrons. The third kappa shape index (κ3) is 5.64. The molecule has 2 fully saturated rings. The van der Waals surface area contributed by atoms with Crippen molar-refractivity contribution in [1.82, 2.24) is 14.5 Å². The molecule has 5 rings (SSSR count). The van der Waals surface area contributed by atoms with Crippen LogP contribution >= 0.6 is 24.8 Å². The first-order valence-electron chi connectivity index (χ1n) is 12.9. The number of nitrogens with two attached hydrogens (primary N) is 1. The maximum atomic E-state index is 13.0. The van der Waals surface area contributed by atoms with Crippen molar-refractivity contribution in [2.24, 2.45) is 5.73 Å². The van der Waals surface area contributed by atoms with Crippen molar-refractivity contribution in [2.75, 3.05) is 19.6 Å². The lowest BCUT2D eigenvalue weighted by atomic mass is 9.79. The number of aryl methyl sites for hydroxylation is 1. The quantitative estimate of drug-likeness (QED) is 0.396. The van der Waals surface area contributed by atoms with Crippen LogP contribution in [0.1, 0.15) is 75.0 Å². The Bertz CT molecular complexity index is 1110. The predicted molar refractivity (Wildman–Crippen MR) is 150 cm³/mol. The van der Waals surface area contributed by atoms with E-state index in [2.05, 4.69) is 58.4 Å². The third-order valence-electron chi connectivity index (χ3n) is 8.13. The zero-order valence-electron chi connectivity index (χ0n) is 20.6. The van der Waals surface area contributed by atoms with Gasteiger partial charge >= 0.3 is 5.69 Å². The molecule has 5 nitrogen and oxygen atoms in total. The Labute approximate surface area is 221 Å². The number of nitrogens with zero attached hydrogens (tertiary/aromatic N) is 2. The molecule has 0 bridgehead atoms. The number of hydrogen-bond acceptors (Lipinski definition) is 3. The van der Waals surface area contributed by atoms with Crippen molar-refractivity contribution in [2.45, 2.75) is 75.8 Å². The highest BCUT2D eigenvalue weighted by atomic mass is 35.5. The molecule has 35 heavy (non-hydrogen) atoms. The number of benzene rings is 2. The second-order valence-electron chi connectivity index (χ2n) is 10.1. The second kappa shape index (κ2) is 12.4. The van der Waals surface area contributed by atoms with Crippen LogP contribution in [0.3, 0.4) is 0 Å². The highest BCUT2D eigenvalue weighted by Gasteiger charge is 2.40. The monoisotopic (exact) mass is 518 g/mol. The summed E-state index contributed by atoms with van der Waals surface area (Å²) in [5, 5.41) is 0. The van der Waals surface area contributed by atoms with Crippen LogP contribution in [0.25, 0.3) is 11.0 Å². The molecule has 7 heteroatoms. The van der Waals surface area contributed by atoms with Gasteiger partial charge < -0.3 is 10.7 Å². The Kier molecular flexibility index (Phi) is 9.88. The minimum Gasteiger partial charge on any atom is -0.330 e. The van der Waals surface area contributed by atoms with E-state index in [0.29, 0.717) is 6.54 Å². The molecule has 2 aromatic carbocycles. The summed E-state index contributed by atoms with van der Waals surface area (Å²) in [6, 6.07) is 17.9. The first-order valence-corrected chi connectivity index (χ1v) is 12.9. The topological polar surface area (TPSA) is 67.0 Å². The summed E-state index contributed by atoms with van der Waals surface area (Å²) in [6.07, 6.45) is 11.8. The van der Waals surface area contributed by atoms with Gasteiger partial charge in [-0.15, -0.1) is 24.8 Å². The Morgan fingerprint density at radius 2 is 1.63 bits per heavy atom. The number of aromatic nitrogens is 2. The van der Waals surface area contributed by atoms with Crippen LogP contribution in [0, 0.1) is 0 Å². The lowest BCUT2D eigenvalue weighted by Crippen LogP contribution is -2.50. The number of halogens is 2. The summed E-state index contributed by atoms with van der Waals surface area (Å²) in [5.41, 5.74) is 10.6. The Morgan fingerprint density at radius 1 is 0.943 bits per heavy atom. The zero-order chi connectivity index (χ0) is 22.7. The van der Waals surface area contributed by atoms with Crippen LogP contribution in [-0.2, 0) is 12.0 Å². The van der Waals surface area contributed by atoms with Crippen molar-refractivity contribution in [1.29, 1.82) is 0 Å². The number of likely N-dealkylation sites (tertiary alicyclic amines) is 1. The fourth-order valence-electron chi connectivity index (χ4n) is 6.40. The number of piperidine rings is 1. The van der Waals surface area contributed by atoms with Gasteiger partial charge in [0.05, 0.1) is 11.0 Å². The normalized spacial score (nSPS) is 19.0. The van der Waals surface area contributed by atoms with E-state index in [1.54, 1.807) is 0 Å². The molecule has 3 aromatic rings. The van der Waals surface area contributed by atoms with Gasteiger partial charge in [0.25, 0.3) is 0 Å². The molecule has 1 saturated heterocycles. The summed E-state index contributed by atoms with van der Waals surface area (Å²) < 4.78 is 2.03. The van der Waals surface area contributed by atoms with Crippen molar-refractivity contribution in [3.8, 4) is 0 Å². The van der Waals surface area contributed by atoms with Gasteiger partial charge in [-0.1, -0.05) is 62.1 Å². The van der Waals surface area contributed by atoms with Gasteiger partial charge in [-0.25, -0.2) is 4.79 Å². The number of imidazole rings is 1. The van der Waals surface area contributed by atoms with Crippen LogP contribution in [-0.4, -0.2) is 34.1 Å². The maximum absolute atomic E-state index is 13.0. The Balaban J connectivity index is 0.00000171. The summed E-state index contributed by atoms with van der Waals surface area (Å²) in [5.74, 6) is 0. The van der Waals surface area contributed by atoms with Crippen LogP contribution < -0.4 is 11.4 Å². The summed E-state index contributed by atoms with van der Waals surface area (Å²) in [4.78, 5) is 18.8. The van der Waals surface area contributed by atoms with E-state index in [1.165, 1.54) is 49.7 Å². The SMILES string of the molecule is Cl.Cl.NCCCc1ccc2c(c1)[nH]c(=O)n2C1CCN(C2(c3ccccc3)CCCCCC2)CC1. The molecule has 2 aliphatic rings. The second-order valence-corrected chi connectivity index (χ2v) is 10.1. The molecule has 192 valence electrons. The molecule has 0 amide bonds. The van der Waals surface area contributed by atoms with E-state index in [9.17, 15) is 4.79 Å². The average Bonchev–Trinajstić information content (AvgIpc) is 3.01. The fraction of sp³-hybridized carbons (Fsp3) is 0.536. The van der Waals surface area contributed by atoms with Crippen LogP contribution in [0.15, 0.2) is 53.3 Å². The number of fused-ring (bicyclic) bond motifs is 1. The van der Waals surface area contributed by atoms with Crippen molar-refractivity contribution in [3.05, 3.63) is 70.1 Å². The molecule has 0 spiro atoms. The van der Waals surface area contributed by atoms with Crippen LogP contribution in [0.2, 0.25) is 0 Å². The number of rotatable bonds is 6. The molecule has 1 aliphatic carbocycles. The van der Waals surface area contributed by atoms with Gasteiger partial charge in [-0.2, -0.15) is 0 Å². The van der Waals surface area contributed by atoms with Gasteiger partial charge in [0.15, 0.2) is 0 Å². The van der Waals surface area contributed by atoms with Crippen molar-refractivity contribution in [3.63, 3.8) is 0 Å². The van der Waals surface area contributed by atoms with Gasteiger partial charge in [0, 0.05) is 24.7 Å². The lowest BCUT2D eigenvalue weighted by molar-refractivity contribution is 0.0356. The number of aromatic amines is 1. The van der Waals surface area contributed by atoms with Crippen LogP contribution in [0.4, 0.5) is 0 Å². The molecular weight excluding hydrogens is 479 g/mol. The summed E-state index contributed by atoms with van der Waals surface area (Å²) in [7, 11) is 0. The largest absolute Gasteiger partial charge is 0.330 e. The number of hydrogen-bond donors (Lipinski definition) is 2. The summed E-state index contributed by atoms with van der Waals surface area (Å²) >= 11 is 0. The first-order chi connectivity index (χ1) is 16.2. The van der Waals surface area contributed by atoms with Crippen molar-refractivity contribution < 1.29 is 0 Å². The van der Waals surface area contributed by atoms with E-state index in [0.717, 1.165) is 49.8 Å². The average molecular weight is 520 g/mol. The minimum atomic E-state index is 0. The third-order valence-corrected chi connectivity index (χ3v) is 8.13. The lowest BCUT2D eigenvalue weighted by Gasteiger charge is -2.47. The molecular formula is C28H40Cl2N4O. The minimum absolute atomic E-state index is 0. The molecule has 1 aromatic heterocycles. The molecule has 1 saturated carbocycles. The Morgan fingerprint density at radius 3 is 2.29 bits per heavy atom. The zero-order valence-corrected chi connectivity index (χ0v) is 22.2. The molecule has 0 unspecified atom stereocenters. The smallest absolute Gasteiger partial charge is 0.326 e. The van der Waals surface area contributed by atoms with E-state index >= 15 is 0 Å². The number of H-pyrrole nitrogens is 1. The predicted octanol–water partition coefficient (Wildman–Crippen LogP) is 5.95. The van der Waals surface area contributed by atoms with E-state index in [4.69, 9.17) is 5.73 Å². The van der Waals surface area contributed by atoms with E-state index < -0.39 is 0 Å². The van der Waals surface area contributed by atoms with Gasteiger partial charge in [-0.05, 0) is 68.3 Å². The summed E-state index contributed by atoms with van der Waals surface area (Å²) in [6.45, 7) is 2.79. The van der Waals surface area contributed by atoms with E-state index in [-0.39, 0.29) is 42.1 Å². The van der Waals surface area contributed by atoms with Gasteiger partial charge in [0.1, 0.15) is 0 Å². The van der Waals surface area contributed by atoms with Crippen molar-refractivity contribution >= 4 is 35.8 Å². The first kappa shape index (κ1) is 27.8. The van der Waals surface area contributed by atoms with Crippen LogP contribution in [0.5, 0.6) is 0 Å². The molecule has 0 atom stereocenters. The molecule has 1 aliphatic heterocycles. The van der Waals surface area contributed by atoms with E-state index in [1.807, 2.05) is 4.57 Å². The highest BCUT2D eigenvalue weighted by molar-refractivity contribution is 5.85. The number of nitrogens with one attached hydrogen (secondary N) is 1. The standard InChI is InChI=1S/C28H38N4O.2ClH/c29-18-8-9-22-12-13-26-25(21-22)30-27(33)32(26)24-14-19-31(20-15-24)28(16-6-1-2-7-17-28)23-10-4-3-5-11-23;;/h3-5,10-13,21,24H,1-2,6-9,14-20,29H2,(H,30,33);2*1H. The molecule has 2 heterocycles. The fourth-order valence-corrected chi connectivity index (χ4v) is 6.40. The maximum Gasteiger partial charge on any atom is 0.326 e.